The van der Waals surface area contributed by atoms with Gasteiger partial charge in [0.25, 0.3) is 0 Å². The highest BCUT2D eigenvalue weighted by atomic mass is 16.6. The first-order chi connectivity index (χ1) is 14.1. The van der Waals surface area contributed by atoms with Crippen molar-refractivity contribution in [3.05, 3.63) is 71.8 Å². The maximum absolute atomic E-state index is 12.5. The summed E-state index contributed by atoms with van der Waals surface area (Å²) in [6.07, 6.45) is -4.09. The summed E-state index contributed by atoms with van der Waals surface area (Å²) in [5, 5.41) is 29.8. The molecule has 30 heavy (non-hydrogen) atoms. The van der Waals surface area contributed by atoms with Gasteiger partial charge in [-0.2, -0.15) is 0 Å². The van der Waals surface area contributed by atoms with Gasteiger partial charge in [-0.1, -0.05) is 60.7 Å². The molecule has 0 aliphatic heterocycles. The Bertz CT molecular complexity index is 788. The molecule has 0 saturated carbocycles. The standard InChI is InChI=1S/C24H31NO5/c1-16(22(21(28)19(27)15-26)30-23(29)24(2,3)4)25-20(17-11-7-5-8-12-17)18-13-9-6-10-14-18/h5-14,16,19,21-22,26-28H,15H2,1-4H3/t16-,19+,21-,22+/m0/s1. The Labute approximate surface area is 177 Å². The summed E-state index contributed by atoms with van der Waals surface area (Å²) in [6.45, 7) is 6.16. The summed E-state index contributed by atoms with van der Waals surface area (Å²) in [7, 11) is 0. The van der Waals surface area contributed by atoms with Gasteiger partial charge in [0, 0.05) is 11.1 Å². The summed E-state index contributed by atoms with van der Waals surface area (Å²) in [6, 6.07) is 18.4. The summed E-state index contributed by atoms with van der Waals surface area (Å²) in [5.74, 6) is -0.528. The molecule has 2 aromatic carbocycles. The number of aliphatic hydroxyl groups excluding tert-OH is 3. The van der Waals surface area contributed by atoms with E-state index in [9.17, 15) is 20.1 Å². The summed E-state index contributed by atoms with van der Waals surface area (Å²) in [5.41, 5.74) is 1.61. The number of ether oxygens (including phenoxy) is 1. The van der Waals surface area contributed by atoms with Crippen molar-refractivity contribution in [1.29, 1.82) is 0 Å². The van der Waals surface area contributed by atoms with E-state index in [2.05, 4.69) is 0 Å². The Morgan fingerprint density at radius 1 is 0.967 bits per heavy atom. The minimum atomic E-state index is -1.49. The minimum Gasteiger partial charge on any atom is -0.457 e. The lowest BCUT2D eigenvalue weighted by atomic mass is 9.96. The maximum atomic E-state index is 12.5. The molecule has 6 nitrogen and oxygen atoms in total. The number of carbonyl (C=O) groups is 1. The number of aliphatic imine (C=N–C) groups is 1. The molecule has 2 aromatic rings. The quantitative estimate of drug-likeness (QED) is 0.456. The minimum absolute atomic E-state index is 0.528. The lowest BCUT2D eigenvalue weighted by Gasteiger charge is -2.31. The molecule has 0 spiro atoms. The first-order valence-corrected chi connectivity index (χ1v) is 10.0. The van der Waals surface area contributed by atoms with Gasteiger partial charge in [0.2, 0.25) is 0 Å². The van der Waals surface area contributed by atoms with Crippen LogP contribution in [0.4, 0.5) is 0 Å². The Balaban J connectivity index is 2.47. The number of carbonyl (C=O) groups excluding carboxylic acids is 1. The van der Waals surface area contributed by atoms with Crippen LogP contribution in [0, 0.1) is 5.41 Å². The van der Waals surface area contributed by atoms with E-state index in [-0.39, 0.29) is 0 Å². The highest BCUT2D eigenvalue weighted by Crippen LogP contribution is 2.22. The molecule has 4 atom stereocenters. The van der Waals surface area contributed by atoms with Crippen molar-refractivity contribution in [2.45, 2.75) is 52.0 Å². The Kier molecular flexibility index (Phi) is 8.29. The molecule has 0 saturated heterocycles. The molecule has 162 valence electrons. The lowest BCUT2D eigenvalue weighted by molar-refractivity contribution is -0.172. The van der Waals surface area contributed by atoms with Crippen molar-refractivity contribution >= 4 is 11.7 Å². The number of esters is 1. The predicted octanol–water partition coefficient (Wildman–Crippen LogP) is 2.58. The van der Waals surface area contributed by atoms with Gasteiger partial charge in [-0.05, 0) is 27.7 Å². The zero-order chi connectivity index (χ0) is 22.3. The number of benzene rings is 2. The average molecular weight is 414 g/mol. The van der Waals surface area contributed by atoms with Gasteiger partial charge < -0.3 is 20.1 Å². The topological polar surface area (TPSA) is 99.4 Å². The molecular weight excluding hydrogens is 382 g/mol. The molecule has 0 aliphatic rings. The summed E-state index contributed by atoms with van der Waals surface area (Å²) >= 11 is 0. The smallest absolute Gasteiger partial charge is 0.311 e. The number of hydrogen-bond donors (Lipinski definition) is 3. The Morgan fingerprint density at radius 2 is 1.43 bits per heavy atom. The van der Waals surface area contributed by atoms with Gasteiger partial charge in [-0.3, -0.25) is 9.79 Å². The molecule has 0 aliphatic carbocycles. The maximum Gasteiger partial charge on any atom is 0.311 e. The SMILES string of the molecule is C[C@H](N=C(c1ccccc1)c1ccccc1)[C@@H](OC(=O)C(C)(C)C)[C@@H](O)[C@H](O)CO. The second-order valence-electron chi connectivity index (χ2n) is 8.31. The zero-order valence-corrected chi connectivity index (χ0v) is 17.9. The third-order valence-corrected chi connectivity index (χ3v) is 4.68. The highest BCUT2D eigenvalue weighted by molar-refractivity contribution is 6.13. The molecular formula is C24H31NO5. The largest absolute Gasteiger partial charge is 0.457 e. The van der Waals surface area contributed by atoms with Crippen molar-refractivity contribution in [2.75, 3.05) is 6.61 Å². The van der Waals surface area contributed by atoms with Gasteiger partial charge in [0.05, 0.1) is 23.8 Å². The Morgan fingerprint density at radius 3 is 1.83 bits per heavy atom. The van der Waals surface area contributed by atoms with E-state index in [1.165, 1.54) is 0 Å². The van der Waals surface area contributed by atoms with Crippen LogP contribution >= 0.6 is 0 Å². The molecule has 0 radical (unpaired) electrons. The number of rotatable bonds is 8. The van der Waals surface area contributed by atoms with E-state index in [1.807, 2.05) is 60.7 Å². The fourth-order valence-electron chi connectivity index (χ4n) is 2.87. The number of nitrogens with zero attached hydrogens (tertiary/aromatic N) is 1. The fourth-order valence-corrected chi connectivity index (χ4v) is 2.87. The van der Waals surface area contributed by atoms with Crippen LogP contribution in [0.5, 0.6) is 0 Å². The molecule has 6 heteroatoms. The van der Waals surface area contributed by atoms with Crippen molar-refractivity contribution < 1.29 is 24.9 Å². The summed E-state index contributed by atoms with van der Waals surface area (Å²) < 4.78 is 5.57. The monoisotopic (exact) mass is 413 g/mol. The van der Waals surface area contributed by atoms with Crippen molar-refractivity contribution in [1.82, 2.24) is 0 Å². The van der Waals surface area contributed by atoms with E-state index in [1.54, 1.807) is 27.7 Å². The van der Waals surface area contributed by atoms with Crippen LogP contribution in [0.2, 0.25) is 0 Å². The van der Waals surface area contributed by atoms with Gasteiger partial charge in [0.15, 0.2) is 6.10 Å². The first kappa shape index (κ1) is 23.7. The molecule has 0 amide bonds. The van der Waals surface area contributed by atoms with Crippen LogP contribution in [0.3, 0.4) is 0 Å². The molecule has 2 rings (SSSR count). The Hall–Kier alpha value is -2.54. The van der Waals surface area contributed by atoms with Crippen LogP contribution in [0.1, 0.15) is 38.8 Å². The predicted molar refractivity (Wildman–Crippen MR) is 116 cm³/mol. The third-order valence-electron chi connectivity index (χ3n) is 4.68. The number of aliphatic hydroxyl groups is 3. The molecule has 0 fully saturated rings. The van der Waals surface area contributed by atoms with Crippen LogP contribution in [-0.4, -0.2) is 58.0 Å². The van der Waals surface area contributed by atoms with Crippen LogP contribution in [0.15, 0.2) is 65.7 Å². The van der Waals surface area contributed by atoms with Crippen LogP contribution in [0.25, 0.3) is 0 Å². The second kappa shape index (κ2) is 10.5. The van der Waals surface area contributed by atoms with Gasteiger partial charge in [-0.15, -0.1) is 0 Å². The van der Waals surface area contributed by atoms with E-state index in [4.69, 9.17) is 9.73 Å². The van der Waals surface area contributed by atoms with Gasteiger partial charge in [-0.25, -0.2) is 0 Å². The second-order valence-corrected chi connectivity index (χ2v) is 8.31. The lowest BCUT2D eigenvalue weighted by Crippen LogP contribution is -2.48. The number of hydrogen-bond acceptors (Lipinski definition) is 6. The zero-order valence-electron chi connectivity index (χ0n) is 17.9. The van der Waals surface area contributed by atoms with Crippen molar-refractivity contribution in [3.8, 4) is 0 Å². The molecule has 3 N–H and O–H groups in total. The van der Waals surface area contributed by atoms with Crippen LogP contribution in [-0.2, 0) is 9.53 Å². The van der Waals surface area contributed by atoms with Crippen LogP contribution < -0.4 is 0 Å². The first-order valence-electron chi connectivity index (χ1n) is 10.0. The van der Waals surface area contributed by atoms with E-state index >= 15 is 0 Å². The van der Waals surface area contributed by atoms with Crippen molar-refractivity contribution in [2.24, 2.45) is 10.4 Å². The van der Waals surface area contributed by atoms with E-state index in [0.717, 1.165) is 11.1 Å². The highest BCUT2D eigenvalue weighted by Gasteiger charge is 2.36. The van der Waals surface area contributed by atoms with Gasteiger partial charge in [0.1, 0.15) is 12.2 Å². The van der Waals surface area contributed by atoms with E-state index < -0.39 is 42.3 Å². The van der Waals surface area contributed by atoms with Crippen molar-refractivity contribution in [3.63, 3.8) is 0 Å². The molecule has 0 heterocycles. The third kappa shape index (κ3) is 6.23. The normalized spacial score (nSPS) is 15.6. The molecule has 0 aromatic heterocycles. The fraction of sp³-hybridized carbons (Fsp3) is 0.417. The molecule has 0 bridgehead atoms. The molecule has 0 unspecified atom stereocenters. The summed E-state index contributed by atoms with van der Waals surface area (Å²) in [4.78, 5) is 17.3. The average Bonchev–Trinajstić information content (AvgIpc) is 2.74. The van der Waals surface area contributed by atoms with E-state index in [0.29, 0.717) is 5.71 Å². The van der Waals surface area contributed by atoms with Gasteiger partial charge >= 0.3 is 5.97 Å².